The van der Waals surface area contributed by atoms with E-state index in [0.717, 1.165) is 12.3 Å². The predicted octanol–water partition coefficient (Wildman–Crippen LogP) is 2.06. The van der Waals surface area contributed by atoms with E-state index in [4.69, 9.17) is 4.74 Å². The van der Waals surface area contributed by atoms with Crippen molar-refractivity contribution in [3.63, 3.8) is 0 Å². The van der Waals surface area contributed by atoms with Gasteiger partial charge in [0.05, 0.1) is 24.0 Å². The van der Waals surface area contributed by atoms with Crippen LogP contribution in [0.5, 0.6) is 0 Å². The van der Waals surface area contributed by atoms with Crippen LogP contribution in [0.15, 0.2) is 6.20 Å². The maximum atomic E-state index is 6.08. The lowest BCUT2D eigenvalue weighted by Crippen LogP contribution is -2.39. The van der Waals surface area contributed by atoms with Gasteiger partial charge in [0, 0.05) is 13.7 Å². The zero-order chi connectivity index (χ0) is 13.7. The Kier molecular flexibility index (Phi) is 5.34. The van der Waals surface area contributed by atoms with Gasteiger partial charge in [0.2, 0.25) is 0 Å². The van der Waals surface area contributed by atoms with Gasteiger partial charge in [-0.3, -0.25) is 4.68 Å². The molecule has 0 bridgehead atoms. The summed E-state index contributed by atoms with van der Waals surface area (Å²) in [7, 11) is 3.93. The second-order valence-corrected chi connectivity index (χ2v) is 5.37. The number of hydrogen-bond donors (Lipinski definition) is 1. The van der Waals surface area contributed by atoms with E-state index >= 15 is 0 Å². The molecule has 2 unspecified atom stereocenters. The van der Waals surface area contributed by atoms with Crippen LogP contribution >= 0.6 is 0 Å². The van der Waals surface area contributed by atoms with Crippen molar-refractivity contribution in [2.75, 3.05) is 13.7 Å². The Hall–Kier alpha value is -0.940. The zero-order valence-electron chi connectivity index (χ0n) is 12.3. The Bertz CT molecular complexity index is 373. The van der Waals surface area contributed by atoms with Crippen LogP contribution in [0.25, 0.3) is 0 Å². The lowest BCUT2D eigenvalue weighted by Gasteiger charge is -2.35. The summed E-state index contributed by atoms with van der Waals surface area (Å²) in [6.07, 6.45) is 8.63. The summed E-state index contributed by atoms with van der Waals surface area (Å²) in [6, 6.07) is 0.169. The number of nitrogens with zero attached hydrogens (tertiary/aromatic N) is 3. The maximum absolute atomic E-state index is 6.08. The summed E-state index contributed by atoms with van der Waals surface area (Å²) in [4.78, 5) is 0. The molecule has 1 fully saturated rings. The largest absolute Gasteiger partial charge is 0.376 e. The zero-order valence-corrected chi connectivity index (χ0v) is 12.3. The molecule has 0 amide bonds. The van der Waals surface area contributed by atoms with Gasteiger partial charge in [0.1, 0.15) is 0 Å². The van der Waals surface area contributed by atoms with E-state index in [1.165, 1.54) is 32.1 Å². The highest BCUT2D eigenvalue weighted by molar-refractivity contribution is 5.06. The predicted molar refractivity (Wildman–Crippen MR) is 74.8 cm³/mol. The van der Waals surface area contributed by atoms with E-state index in [1.54, 1.807) is 0 Å². The number of nitrogens with one attached hydrogen (secondary N) is 1. The molecule has 2 rings (SSSR count). The highest BCUT2D eigenvalue weighted by Gasteiger charge is 2.33. The number of aryl methyl sites for hydroxylation is 1. The number of rotatable bonds is 6. The van der Waals surface area contributed by atoms with Gasteiger partial charge in [-0.05, 0) is 32.7 Å². The van der Waals surface area contributed by atoms with Gasteiger partial charge in [0.15, 0.2) is 0 Å². The summed E-state index contributed by atoms with van der Waals surface area (Å²) in [5.74, 6) is 0.640. The van der Waals surface area contributed by atoms with Gasteiger partial charge < -0.3 is 10.1 Å². The number of likely N-dealkylation sites (N-methyl/N-ethyl adjacent to an activating group) is 1. The molecule has 1 heterocycles. The Labute approximate surface area is 115 Å². The van der Waals surface area contributed by atoms with Crippen LogP contribution in [0.4, 0.5) is 0 Å². The molecule has 0 spiro atoms. The van der Waals surface area contributed by atoms with E-state index in [9.17, 15) is 0 Å². The second-order valence-electron chi connectivity index (χ2n) is 5.37. The summed E-state index contributed by atoms with van der Waals surface area (Å²) in [5, 5.41) is 11.4. The molecule has 2 atom stereocenters. The van der Waals surface area contributed by atoms with Gasteiger partial charge in [0.25, 0.3) is 0 Å². The van der Waals surface area contributed by atoms with Crippen LogP contribution in [-0.2, 0) is 11.8 Å². The Morgan fingerprint density at radius 3 is 2.68 bits per heavy atom. The average Bonchev–Trinajstić information content (AvgIpc) is 2.86. The minimum absolute atomic E-state index is 0.169. The van der Waals surface area contributed by atoms with Crippen molar-refractivity contribution in [3.8, 4) is 0 Å². The molecule has 1 aromatic rings. The van der Waals surface area contributed by atoms with Crippen molar-refractivity contribution in [2.24, 2.45) is 13.0 Å². The van der Waals surface area contributed by atoms with Crippen molar-refractivity contribution in [3.05, 3.63) is 11.9 Å². The van der Waals surface area contributed by atoms with Crippen LogP contribution in [0.2, 0.25) is 0 Å². The first-order valence-electron chi connectivity index (χ1n) is 7.41. The van der Waals surface area contributed by atoms with Crippen LogP contribution in [-0.4, -0.2) is 34.8 Å². The first-order valence-corrected chi connectivity index (χ1v) is 7.41. The molecular weight excluding hydrogens is 240 g/mol. The summed E-state index contributed by atoms with van der Waals surface area (Å²) >= 11 is 0. The Morgan fingerprint density at radius 1 is 1.42 bits per heavy atom. The van der Waals surface area contributed by atoms with Crippen LogP contribution in [0.3, 0.4) is 0 Å². The number of aromatic nitrogens is 3. The van der Waals surface area contributed by atoms with Crippen molar-refractivity contribution < 1.29 is 4.74 Å². The molecule has 1 aliphatic carbocycles. The fourth-order valence-electron chi connectivity index (χ4n) is 3.22. The molecular formula is C14H26N4O. The lowest BCUT2D eigenvalue weighted by atomic mass is 9.82. The molecule has 0 radical (unpaired) electrons. The molecule has 5 heteroatoms. The van der Waals surface area contributed by atoms with Gasteiger partial charge in [-0.1, -0.05) is 24.5 Å². The average molecular weight is 266 g/mol. The highest BCUT2D eigenvalue weighted by atomic mass is 16.5. The monoisotopic (exact) mass is 266 g/mol. The maximum Gasteiger partial charge on any atom is 0.0813 e. The summed E-state index contributed by atoms with van der Waals surface area (Å²) < 4.78 is 7.93. The highest BCUT2D eigenvalue weighted by Crippen LogP contribution is 2.33. The third-order valence-corrected chi connectivity index (χ3v) is 4.18. The molecule has 1 N–H and O–H groups in total. The number of ether oxygens (including phenoxy) is 1. The van der Waals surface area contributed by atoms with E-state index in [-0.39, 0.29) is 12.1 Å². The quantitative estimate of drug-likeness (QED) is 0.856. The van der Waals surface area contributed by atoms with Gasteiger partial charge >= 0.3 is 0 Å². The molecule has 0 aliphatic heterocycles. The third kappa shape index (κ3) is 3.34. The first kappa shape index (κ1) is 14.5. The number of hydrogen-bond acceptors (Lipinski definition) is 4. The van der Waals surface area contributed by atoms with Gasteiger partial charge in [-0.25, -0.2) is 0 Å². The van der Waals surface area contributed by atoms with Gasteiger partial charge in [-0.2, -0.15) is 0 Å². The molecule has 0 aromatic carbocycles. The minimum atomic E-state index is 0.169. The fraction of sp³-hybridized carbons (Fsp3) is 0.857. The van der Waals surface area contributed by atoms with Crippen molar-refractivity contribution in [2.45, 2.75) is 51.2 Å². The van der Waals surface area contributed by atoms with Gasteiger partial charge in [-0.15, -0.1) is 5.10 Å². The van der Waals surface area contributed by atoms with E-state index < -0.39 is 0 Å². The van der Waals surface area contributed by atoms with Crippen LogP contribution < -0.4 is 5.32 Å². The third-order valence-electron chi connectivity index (χ3n) is 4.18. The van der Waals surface area contributed by atoms with E-state index in [0.29, 0.717) is 5.92 Å². The molecule has 108 valence electrons. The van der Waals surface area contributed by atoms with Crippen molar-refractivity contribution in [1.82, 2.24) is 20.3 Å². The molecule has 19 heavy (non-hydrogen) atoms. The van der Waals surface area contributed by atoms with E-state index in [1.807, 2.05) is 25.0 Å². The minimum Gasteiger partial charge on any atom is -0.376 e. The second kappa shape index (κ2) is 7.01. The SMILES string of the molecule is CCOC(C1CCCCC1)C(NC)c1cnnn1C. The standard InChI is InChI=1S/C14H26N4O/c1-4-19-14(11-8-6-5-7-9-11)13(15-2)12-10-16-17-18(12)3/h10-11,13-15H,4-9H2,1-3H3. The summed E-state index contributed by atoms with van der Waals surface area (Å²) in [5.41, 5.74) is 1.10. The molecule has 1 aromatic heterocycles. The van der Waals surface area contributed by atoms with E-state index in [2.05, 4.69) is 22.6 Å². The smallest absolute Gasteiger partial charge is 0.0813 e. The van der Waals surface area contributed by atoms with Crippen LogP contribution in [0, 0.1) is 5.92 Å². The molecule has 1 saturated carbocycles. The molecule has 5 nitrogen and oxygen atoms in total. The Balaban J connectivity index is 2.17. The topological polar surface area (TPSA) is 52.0 Å². The fourth-order valence-corrected chi connectivity index (χ4v) is 3.22. The Morgan fingerprint density at radius 2 is 2.16 bits per heavy atom. The molecule has 0 saturated heterocycles. The van der Waals surface area contributed by atoms with Crippen LogP contribution in [0.1, 0.15) is 50.8 Å². The normalized spacial score (nSPS) is 20.4. The molecule has 1 aliphatic rings. The summed E-state index contributed by atoms with van der Waals surface area (Å²) in [6.45, 7) is 2.83. The first-order chi connectivity index (χ1) is 9.27. The lowest BCUT2D eigenvalue weighted by molar-refractivity contribution is -0.0184. The van der Waals surface area contributed by atoms with Crippen molar-refractivity contribution in [1.29, 1.82) is 0 Å². The van der Waals surface area contributed by atoms with Crippen molar-refractivity contribution >= 4 is 0 Å².